The lowest BCUT2D eigenvalue weighted by atomic mass is 9.86. The van der Waals surface area contributed by atoms with E-state index in [1.54, 1.807) is 53.1 Å². The van der Waals surface area contributed by atoms with Gasteiger partial charge in [-0.05, 0) is 35.6 Å². The minimum absolute atomic E-state index is 0.0711. The number of rotatable bonds is 4. The van der Waals surface area contributed by atoms with Gasteiger partial charge in [0.2, 0.25) is 0 Å². The number of halogens is 3. The van der Waals surface area contributed by atoms with Gasteiger partial charge in [-0.3, -0.25) is 19.8 Å². The summed E-state index contributed by atoms with van der Waals surface area (Å²) in [5.41, 5.74) is -2.50. The van der Waals surface area contributed by atoms with Crippen molar-refractivity contribution in [1.29, 1.82) is 0 Å². The van der Waals surface area contributed by atoms with E-state index >= 15 is 0 Å². The molecule has 3 rings (SSSR count). The van der Waals surface area contributed by atoms with Crippen molar-refractivity contribution >= 4 is 17.8 Å². The summed E-state index contributed by atoms with van der Waals surface area (Å²) < 4.78 is 42.3. The molecular weight excluding hydrogens is 423 g/mol. The molecule has 170 valence electrons. The molecule has 0 saturated carbocycles. The molecule has 0 unspecified atom stereocenters. The van der Waals surface area contributed by atoms with Gasteiger partial charge in [-0.15, -0.1) is 0 Å². The molecule has 2 N–H and O–H groups in total. The lowest BCUT2D eigenvalue weighted by molar-refractivity contribution is -0.200. The Labute approximate surface area is 183 Å². The number of imide groups is 1. The van der Waals surface area contributed by atoms with Crippen LogP contribution < -0.4 is 10.6 Å². The first-order valence-electron chi connectivity index (χ1n) is 9.98. The lowest BCUT2D eigenvalue weighted by Gasteiger charge is -2.30. The van der Waals surface area contributed by atoms with Crippen molar-refractivity contribution in [3.05, 3.63) is 71.3 Å². The van der Waals surface area contributed by atoms with Crippen molar-refractivity contribution in [3.63, 3.8) is 0 Å². The van der Waals surface area contributed by atoms with E-state index in [-0.39, 0.29) is 11.0 Å². The average Bonchev–Trinajstić information content (AvgIpc) is 2.98. The van der Waals surface area contributed by atoms with Gasteiger partial charge in [0.25, 0.3) is 17.5 Å². The molecule has 4 amide bonds. The van der Waals surface area contributed by atoms with Crippen LogP contribution in [0.2, 0.25) is 0 Å². The van der Waals surface area contributed by atoms with Crippen molar-refractivity contribution in [2.75, 3.05) is 0 Å². The van der Waals surface area contributed by atoms with Gasteiger partial charge in [0.15, 0.2) is 0 Å². The quantitative estimate of drug-likeness (QED) is 0.687. The smallest absolute Gasteiger partial charge is 0.314 e. The number of hydrogen-bond donors (Lipinski definition) is 2. The number of nitrogens with zero attached hydrogens (tertiary/aromatic N) is 1. The zero-order chi connectivity index (χ0) is 23.9. The molecule has 1 fully saturated rings. The number of urea groups is 1. The second kappa shape index (κ2) is 7.96. The molecular formula is C23H24F3N3O3. The van der Waals surface area contributed by atoms with Gasteiger partial charge in [-0.2, -0.15) is 13.2 Å². The molecule has 1 aliphatic heterocycles. The van der Waals surface area contributed by atoms with E-state index in [2.05, 4.69) is 0 Å². The zero-order valence-corrected chi connectivity index (χ0v) is 18.1. The predicted octanol–water partition coefficient (Wildman–Crippen LogP) is 4.29. The van der Waals surface area contributed by atoms with Crippen LogP contribution in [-0.4, -0.2) is 34.6 Å². The van der Waals surface area contributed by atoms with E-state index in [9.17, 15) is 27.6 Å². The number of alkyl halides is 3. The molecule has 6 nitrogen and oxygen atoms in total. The van der Waals surface area contributed by atoms with Gasteiger partial charge in [0.1, 0.15) is 0 Å². The van der Waals surface area contributed by atoms with Crippen molar-refractivity contribution in [1.82, 2.24) is 15.5 Å². The molecule has 2 atom stereocenters. The number of amides is 4. The Kier molecular flexibility index (Phi) is 5.80. The predicted molar refractivity (Wildman–Crippen MR) is 112 cm³/mol. The third kappa shape index (κ3) is 4.06. The maximum absolute atomic E-state index is 14.1. The van der Waals surface area contributed by atoms with E-state index in [1.165, 1.54) is 19.1 Å². The normalized spacial score (nSPS) is 20.2. The number of benzene rings is 2. The Hall–Kier alpha value is -3.36. The summed E-state index contributed by atoms with van der Waals surface area (Å²) >= 11 is 0. The Morgan fingerprint density at radius 3 is 2.06 bits per heavy atom. The van der Waals surface area contributed by atoms with Crippen LogP contribution >= 0.6 is 0 Å². The van der Waals surface area contributed by atoms with Crippen LogP contribution in [0.4, 0.5) is 18.0 Å². The number of carbonyl (C=O) groups excluding carboxylic acids is 3. The standard InChI is InChI=1S/C23H24F3N3O3/c1-14(15-8-6-5-7-9-15)29-19(31)22(23(24,25)26,28-20(29)32)27-18(30)16-10-12-17(13-11-16)21(2,3)4/h5-14H,1-4H3,(H,27,30)(H,28,32)/t14-,22-/m1/s1. The van der Waals surface area contributed by atoms with E-state index in [4.69, 9.17) is 0 Å². The molecule has 9 heteroatoms. The maximum Gasteiger partial charge on any atom is 0.440 e. The maximum atomic E-state index is 14.1. The Balaban J connectivity index is 1.93. The molecule has 32 heavy (non-hydrogen) atoms. The summed E-state index contributed by atoms with van der Waals surface area (Å²) in [6.07, 6.45) is -5.27. The highest BCUT2D eigenvalue weighted by atomic mass is 19.4. The van der Waals surface area contributed by atoms with E-state index < -0.39 is 35.7 Å². The first-order chi connectivity index (χ1) is 14.8. The highest BCUT2D eigenvalue weighted by Crippen LogP contribution is 2.37. The topological polar surface area (TPSA) is 78.5 Å². The van der Waals surface area contributed by atoms with Crippen LogP contribution in [0.5, 0.6) is 0 Å². The van der Waals surface area contributed by atoms with Crippen LogP contribution in [-0.2, 0) is 10.2 Å². The average molecular weight is 447 g/mol. The molecule has 0 aliphatic carbocycles. The fourth-order valence-corrected chi connectivity index (χ4v) is 3.49. The molecule has 0 spiro atoms. The van der Waals surface area contributed by atoms with E-state index in [0.29, 0.717) is 10.5 Å². The molecule has 2 aromatic rings. The number of carbonyl (C=O) groups is 3. The summed E-state index contributed by atoms with van der Waals surface area (Å²) in [5.74, 6) is -2.73. The van der Waals surface area contributed by atoms with Crippen molar-refractivity contribution in [2.45, 2.75) is 51.0 Å². The summed E-state index contributed by atoms with van der Waals surface area (Å²) in [7, 11) is 0. The second-order valence-electron chi connectivity index (χ2n) is 8.72. The fourth-order valence-electron chi connectivity index (χ4n) is 3.49. The summed E-state index contributed by atoms with van der Waals surface area (Å²) in [4.78, 5) is 38.6. The molecule has 1 heterocycles. The number of nitrogens with one attached hydrogen (secondary N) is 2. The van der Waals surface area contributed by atoms with E-state index in [0.717, 1.165) is 5.56 Å². The fraction of sp³-hybridized carbons (Fsp3) is 0.348. The minimum atomic E-state index is -5.27. The Morgan fingerprint density at radius 1 is 1.00 bits per heavy atom. The molecule has 1 aliphatic rings. The van der Waals surface area contributed by atoms with Crippen LogP contribution in [0.15, 0.2) is 54.6 Å². The van der Waals surface area contributed by atoms with Crippen molar-refractivity contribution in [3.8, 4) is 0 Å². The highest BCUT2D eigenvalue weighted by molar-refractivity contribution is 6.10. The van der Waals surface area contributed by atoms with Crippen molar-refractivity contribution in [2.24, 2.45) is 0 Å². The Morgan fingerprint density at radius 2 is 1.56 bits per heavy atom. The van der Waals surface area contributed by atoms with Crippen LogP contribution in [0.1, 0.15) is 55.2 Å². The Bertz CT molecular complexity index is 1030. The molecule has 0 bridgehead atoms. The first kappa shape index (κ1) is 23.3. The van der Waals surface area contributed by atoms with Gasteiger partial charge in [-0.25, -0.2) is 4.79 Å². The first-order valence-corrected chi connectivity index (χ1v) is 9.98. The minimum Gasteiger partial charge on any atom is -0.314 e. The largest absolute Gasteiger partial charge is 0.440 e. The van der Waals surface area contributed by atoms with Gasteiger partial charge in [0, 0.05) is 5.56 Å². The summed E-state index contributed by atoms with van der Waals surface area (Å²) in [6, 6.07) is 12.0. The zero-order valence-electron chi connectivity index (χ0n) is 18.1. The highest BCUT2D eigenvalue weighted by Gasteiger charge is 2.69. The third-order valence-electron chi connectivity index (χ3n) is 5.46. The molecule has 2 aromatic carbocycles. The van der Waals surface area contributed by atoms with E-state index in [1.807, 2.05) is 20.8 Å². The second-order valence-corrected chi connectivity index (χ2v) is 8.72. The summed E-state index contributed by atoms with van der Waals surface area (Å²) in [6.45, 7) is 7.30. The monoisotopic (exact) mass is 447 g/mol. The molecule has 0 aromatic heterocycles. The van der Waals surface area contributed by atoms with Gasteiger partial charge < -0.3 is 5.32 Å². The third-order valence-corrected chi connectivity index (χ3v) is 5.46. The van der Waals surface area contributed by atoms with Gasteiger partial charge in [-0.1, -0.05) is 63.2 Å². The van der Waals surface area contributed by atoms with Crippen LogP contribution in [0, 0.1) is 0 Å². The van der Waals surface area contributed by atoms with Crippen molar-refractivity contribution < 1.29 is 27.6 Å². The van der Waals surface area contributed by atoms with Gasteiger partial charge >= 0.3 is 12.2 Å². The van der Waals surface area contributed by atoms with Crippen LogP contribution in [0.25, 0.3) is 0 Å². The van der Waals surface area contributed by atoms with Crippen LogP contribution in [0.3, 0.4) is 0 Å². The van der Waals surface area contributed by atoms with Gasteiger partial charge in [0.05, 0.1) is 6.04 Å². The molecule has 1 saturated heterocycles. The summed E-state index contributed by atoms with van der Waals surface area (Å²) in [5, 5.41) is 3.41. The lowest BCUT2D eigenvalue weighted by Crippen LogP contribution is -2.69. The number of hydrogen-bond acceptors (Lipinski definition) is 3. The molecule has 0 radical (unpaired) electrons. The SMILES string of the molecule is C[C@H](c1ccccc1)N1C(=O)N[C@@](NC(=O)c2ccc(C(C)(C)C)cc2)(C(F)(F)F)C1=O.